The third-order valence-electron chi connectivity index (χ3n) is 3.71. The summed E-state index contributed by atoms with van der Waals surface area (Å²) in [7, 11) is 0. The molecule has 0 saturated carbocycles. The molecular formula is C21H21NO4. The van der Waals surface area contributed by atoms with E-state index in [1.165, 1.54) is 6.26 Å². The number of ether oxygens (including phenoxy) is 1. The summed E-state index contributed by atoms with van der Waals surface area (Å²) in [6.07, 6.45) is 5.09. The van der Waals surface area contributed by atoms with Crippen LogP contribution in [0.4, 0.5) is 0 Å². The lowest BCUT2D eigenvalue weighted by Gasteiger charge is -2.09. The van der Waals surface area contributed by atoms with Crippen LogP contribution in [0.5, 0.6) is 0 Å². The number of para-hydroxylation sites is 1. The monoisotopic (exact) mass is 351 g/mol. The van der Waals surface area contributed by atoms with Gasteiger partial charge in [0.05, 0.1) is 17.6 Å². The van der Waals surface area contributed by atoms with E-state index in [4.69, 9.17) is 9.15 Å². The summed E-state index contributed by atoms with van der Waals surface area (Å²) >= 11 is 0. The quantitative estimate of drug-likeness (QED) is 0.337. The van der Waals surface area contributed by atoms with Crippen LogP contribution in [0.15, 0.2) is 57.0 Å². The van der Waals surface area contributed by atoms with E-state index in [1.54, 1.807) is 43.3 Å². The second kappa shape index (κ2) is 8.82. The second-order valence-electron chi connectivity index (χ2n) is 6.18. The fraction of sp³-hybridized carbons (Fsp3) is 0.286. The van der Waals surface area contributed by atoms with E-state index >= 15 is 0 Å². The van der Waals surface area contributed by atoms with Crippen molar-refractivity contribution in [2.75, 3.05) is 6.61 Å². The molecule has 0 spiro atoms. The standard InChI is InChI=1S/C21H21NO4/c1-4-25-21(24)18(12-22)15(11-14(2)3)9-10-16-13-26-19-8-6-5-7-17(19)20(16)23/h5-10,13-14H,4,11H2,1-3H3/b10-9+,18-15+. The maximum atomic E-state index is 12.6. The summed E-state index contributed by atoms with van der Waals surface area (Å²) in [6, 6.07) is 8.91. The van der Waals surface area contributed by atoms with Gasteiger partial charge in [0.25, 0.3) is 0 Å². The van der Waals surface area contributed by atoms with Gasteiger partial charge in [-0.1, -0.05) is 32.1 Å². The van der Waals surface area contributed by atoms with Crippen molar-refractivity contribution in [1.29, 1.82) is 5.26 Å². The summed E-state index contributed by atoms with van der Waals surface area (Å²) in [6.45, 7) is 5.85. The van der Waals surface area contributed by atoms with Crippen LogP contribution in [0.1, 0.15) is 32.8 Å². The highest BCUT2D eigenvalue weighted by molar-refractivity contribution is 5.94. The maximum absolute atomic E-state index is 12.6. The molecule has 26 heavy (non-hydrogen) atoms. The number of carbonyl (C=O) groups is 1. The molecule has 1 heterocycles. The van der Waals surface area contributed by atoms with Gasteiger partial charge in [0, 0.05) is 0 Å². The maximum Gasteiger partial charge on any atom is 0.349 e. The van der Waals surface area contributed by atoms with Crippen molar-refractivity contribution in [1.82, 2.24) is 0 Å². The topological polar surface area (TPSA) is 80.3 Å². The molecule has 2 rings (SSSR count). The number of nitrogens with zero attached hydrogens (tertiary/aromatic N) is 1. The average molecular weight is 351 g/mol. The lowest BCUT2D eigenvalue weighted by Crippen LogP contribution is -2.10. The van der Waals surface area contributed by atoms with Gasteiger partial charge in [-0.25, -0.2) is 4.79 Å². The first kappa shape index (κ1) is 19.2. The minimum Gasteiger partial charge on any atom is -0.463 e. The highest BCUT2D eigenvalue weighted by atomic mass is 16.5. The van der Waals surface area contributed by atoms with E-state index in [0.29, 0.717) is 28.5 Å². The molecule has 0 aliphatic rings. The lowest BCUT2D eigenvalue weighted by atomic mass is 9.97. The Bertz CT molecular complexity index is 958. The van der Waals surface area contributed by atoms with Crippen molar-refractivity contribution in [3.8, 4) is 6.07 Å². The Kier molecular flexibility index (Phi) is 6.51. The van der Waals surface area contributed by atoms with Gasteiger partial charge in [0.2, 0.25) is 0 Å². The van der Waals surface area contributed by atoms with Crippen molar-refractivity contribution >= 4 is 23.0 Å². The number of benzene rings is 1. The number of hydrogen-bond acceptors (Lipinski definition) is 5. The van der Waals surface area contributed by atoms with Crippen molar-refractivity contribution in [3.05, 3.63) is 63.5 Å². The van der Waals surface area contributed by atoms with Gasteiger partial charge in [-0.3, -0.25) is 4.79 Å². The van der Waals surface area contributed by atoms with Crippen LogP contribution in [0.2, 0.25) is 0 Å². The van der Waals surface area contributed by atoms with Crippen molar-refractivity contribution in [2.24, 2.45) is 5.92 Å². The highest BCUT2D eigenvalue weighted by Crippen LogP contribution is 2.19. The molecule has 0 bridgehead atoms. The first-order chi connectivity index (χ1) is 12.5. The Morgan fingerprint density at radius 2 is 2.08 bits per heavy atom. The Hall–Kier alpha value is -3.13. The van der Waals surface area contributed by atoms with Crippen LogP contribution in [0.25, 0.3) is 17.0 Å². The molecule has 5 nitrogen and oxygen atoms in total. The zero-order chi connectivity index (χ0) is 19.1. The summed E-state index contributed by atoms with van der Waals surface area (Å²) in [5.41, 5.74) is 1.19. The van der Waals surface area contributed by atoms with E-state index in [-0.39, 0.29) is 23.5 Å². The van der Waals surface area contributed by atoms with E-state index in [0.717, 1.165) is 0 Å². The van der Waals surface area contributed by atoms with Gasteiger partial charge in [-0.05, 0) is 43.0 Å². The van der Waals surface area contributed by atoms with E-state index in [9.17, 15) is 14.9 Å². The third kappa shape index (κ3) is 4.48. The normalized spacial score (nSPS) is 12.3. The van der Waals surface area contributed by atoms with Crippen LogP contribution in [0.3, 0.4) is 0 Å². The molecule has 134 valence electrons. The van der Waals surface area contributed by atoms with Crippen molar-refractivity contribution < 1.29 is 13.9 Å². The predicted octanol–water partition coefficient (Wildman–Crippen LogP) is 4.24. The summed E-state index contributed by atoms with van der Waals surface area (Å²) in [4.78, 5) is 24.6. The summed E-state index contributed by atoms with van der Waals surface area (Å²) in [5.74, 6) is -0.429. The number of rotatable bonds is 6. The molecule has 1 aromatic carbocycles. The summed E-state index contributed by atoms with van der Waals surface area (Å²) in [5, 5.41) is 9.86. The first-order valence-corrected chi connectivity index (χ1v) is 8.46. The van der Waals surface area contributed by atoms with Gasteiger partial charge in [-0.2, -0.15) is 5.26 Å². The van der Waals surface area contributed by atoms with Gasteiger partial charge in [-0.15, -0.1) is 0 Å². The molecule has 5 heteroatoms. The zero-order valence-electron chi connectivity index (χ0n) is 15.1. The number of allylic oxidation sites excluding steroid dienone is 2. The van der Waals surface area contributed by atoms with Crippen LogP contribution in [0, 0.1) is 17.2 Å². The fourth-order valence-electron chi connectivity index (χ4n) is 2.54. The molecule has 0 fully saturated rings. The molecular weight excluding hydrogens is 330 g/mol. The Morgan fingerprint density at radius 1 is 1.35 bits per heavy atom. The van der Waals surface area contributed by atoms with Crippen LogP contribution >= 0.6 is 0 Å². The molecule has 0 amide bonds. The van der Waals surface area contributed by atoms with Crippen molar-refractivity contribution in [3.63, 3.8) is 0 Å². The van der Waals surface area contributed by atoms with Crippen LogP contribution in [-0.2, 0) is 9.53 Å². The number of hydrogen-bond donors (Lipinski definition) is 0. The Morgan fingerprint density at radius 3 is 2.73 bits per heavy atom. The number of carbonyl (C=O) groups excluding carboxylic acids is 1. The van der Waals surface area contributed by atoms with Crippen molar-refractivity contribution in [2.45, 2.75) is 27.2 Å². The highest BCUT2D eigenvalue weighted by Gasteiger charge is 2.16. The molecule has 0 aliphatic heterocycles. The Labute approximate surface area is 152 Å². The SMILES string of the molecule is CCOC(=O)/C(C#N)=C(\C=C\c1coc2ccccc2c1=O)CC(C)C. The molecule has 0 radical (unpaired) electrons. The molecule has 2 aromatic rings. The number of nitriles is 1. The van der Waals surface area contributed by atoms with Gasteiger partial charge in [0.15, 0.2) is 5.43 Å². The molecule has 0 aliphatic carbocycles. The molecule has 0 unspecified atom stereocenters. The zero-order valence-corrected chi connectivity index (χ0v) is 15.1. The van der Waals surface area contributed by atoms with E-state index in [1.807, 2.05) is 19.9 Å². The number of fused-ring (bicyclic) bond motifs is 1. The molecule has 0 N–H and O–H groups in total. The molecule has 0 atom stereocenters. The largest absolute Gasteiger partial charge is 0.463 e. The molecule has 0 saturated heterocycles. The van der Waals surface area contributed by atoms with E-state index < -0.39 is 5.97 Å². The third-order valence-corrected chi connectivity index (χ3v) is 3.71. The predicted molar refractivity (Wildman–Crippen MR) is 100 cm³/mol. The van der Waals surface area contributed by atoms with Crippen LogP contribution < -0.4 is 5.43 Å². The van der Waals surface area contributed by atoms with E-state index in [2.05, 4.69) is 0 Å². The first-order valence-electron chi connectivity index (χ1n) is 8.46. The fourth-order valence-corrected chi connectivity index (χ4v) is 2.54. The van der Waals surface area contributed by atoms with Gasteiger partial charge < -0.3 is 9.15 Å². The lowest BCUT2D eigenvalue weighted by molar-refractivity contribution is -0.138. The Balaban J connectivity index is 2.49. The van der Waals surface area contributed by atoms with Gasteiger partial charge >= 0.3 is 5.97 Å². The van der Waals surface area contributed by atoms with Gasteiger partial charge in [0.1, 0.15) is 23.5 Å². The number of esters is 1. The molecule has 1 aromatic heterocycles. The minimum absolute atomic E-state index is 0.0398. The minimum atomic E-state index is -0.652. The van der Waals surface area contributed by atoms with Crippen LogP contribution in [-0.4, -0.2) is 12.6 Å². The average Bonchev–Trinajstić information content (AvgIpc) is 2.61. The second-order valence-corrected chi connectivity index (χ2v) is 6.18. The summed E-state index contributed by atoms with van der Waals surface area (Å²) < 4.78 is 10.4. The smallest absolute Gasteiger partial charge is 0.349 e.